The summed E-state index contributed by atoms with van der Waals surface area (Å²) >= 11 is 6.09. The standard InChI is InChI=1S/C13H18ClNO/c1-9-3-4-12(7-13(9)14)15-10(2)11-5-6-16-8-11/h3-4,7,10-11,15H,5-6,8H2,1-2H3. The highest BCUT2D eigenvalue weighted by Crippen LogP contribution is 2.23. The molecule has 2 rings (SSSR count). The van der Waals surface area contributed by atoms with Gasteiger partial charge in [-0.25, -0.2) is 0 Å². The first-order chi connectivity index (χ1) is 7.66. The fraction of sp³-hybridized carbons (Fsp3) is 0.538. The topological polar surface area (TPSA) is 21.3 Å². The number of rotatable bonds is 3. The van der Waals surface area contributed by atoms with Crippen molar-refractivity contribution in [3.63, 3.8) is 0 Å². The Balaban J connectivity index is 1.99. The Bertz CT molecular complexity index is 361. The first-order valence-electron chi connectivity index (χ1n) is 5.77. The van der Waals surface area contributed by atoms with Crippen molar-refractivity contribution in [3.05, 3.63) is 28.8 Å². The van der Waals surface area contributed by atoms with E-state index < -0.39 is 0 Å². The van der Waals surface area contributed by atoms with Crippen molar-refractivity contribution in [3.8, 4) is 0 Å². The van der Waals surface area contributed by atoms with Crippen molar-refractivity contribution in [2.45, 2.75) is 26.3 Å². The van der Waals surface area contributed by atoms with E-state index in [4.69, 9.17) is 16.3 Å². The summed E-state index contributed by atoms with van der Waals surface area (Å²) in [6.07, 6.45) is 1.15. The SMILES string of the molecule is Cc1ccc(NC(C)C2CCOC2)cc1Cl. The van der Waals surface area contributed by atoms with Crippen LogP contribution < -0.4 is 5.32 Å². The number of nitrogens with one attached hydrogen (secondary N) is 1. The van der Waals surface area contributed by atoms with Crippen LogP contribution in [0.4, 0.5) is 5.69 Å². The summed E-state index contributed by atoms with van der Waals surface area (Å²) in [6.45, 7) is 5.98. The molecule has 0 radical (unpaired) electrons. The lowest BCUT2D eigenvalue weighted by atomic mass is 10.0. The van der Waals surface area contributed by atoms with E-state index in [9.17, 15) is 0 Å². The van der Waals surface area contributed by atoms with Crippen molar-refractivity contribution in [2.75, 3.05) is 18.5 Å². The second-order valence-electron chi connectivity index (χ2n) is 4.52. The van der Waals surface area contributed by atoms with E-state index in [2.05, 4.69) is 18.3 Å². The molecule has 0 spiro atoms. The Labute approximate surface area is 102 Å². The first kappa shape index (κ1) is 11.7. The molecule has 1 aliphatic rings. The van der Waals surface area contributed by atoms with Crippen LogP contribution >= 0.6 is 11.6 Å². The Kier molecular flexibility index (Phi) is 3.72. The van der Waals surface area contributed by atoms with Gasteiger partial charge in [-0.05, 0) is 38.0 Å². The minimum absolute atomic E-state index is 0.432. The minimum atomic E-state index is 0.432. The normalized spacial score (nSPS) is 22.1. The number of aryl methyl sites for hydroxylation is 1. The van der Waals surface area contributed by atoms with E-state index in [1.165, 1.54) is 0 Å². The molecule has 0 bridgehead atoms. The van der Waals surface area contributed by atoms with E-state index in [-0.39, 0.29) is 0 Å². The molecule has 1 aromatic rings. The molecule has 3 heteroatoms. The summed E-state index contributed by atoms with van der Waals surface area (Å²) in [5.41, 5.74) is 2.21. The van der Waals surface area contributed by atoms with Gasteiger partial charge in [0.25, 0.3) is 0 Å². The average molecular weight is 240 g/mol. The molecule has 88 valence electrons. The molecule has 1 saturated heterocycles. The second kappa shape index (κ2) is 5.07. The third kappa shape index (κ3) is 2.69. The van der Waals surface area contributed by atoms with Crippen molar-refractivity contribution >= 4 is 17.3 Å². The molecule has 0 aromatic heterocycles. The van der Waals surface area contributed by atoms with Gasteiger partial charge in [0.05, 0.1) is 6.61 Å². The highest BCUT2D eigenvalue weighted by Gasteiger charge is 2.22. The molecule has 0 aliphatic carbocycles. The first-order valence-corrected chi connectivity index (χ1v) is 6.15. The third-order valence-corrected chi connectivity index (χ3v) is 3.65. The van der Waals surface area contributed by atoms with E-state index >= 15 is 0 Å². The predicted octanol–water partition coefficient (Wildman–Crippen LogP) is 3.49. The fourth-order valence-corrected chi connectivity index (χ4v) is 2.19. The number of benzene rings is 1. The van der Waals surface area contributed by atoms with Gasteiger partial charge in [0, 0.05) is 29.3 Å². The van der Waals surface area contributed by atoms with Crippen molar-refractivity contribution < 1.29 is 4.74 Å². The molecular formula is C13H18ClNO. The van der Waals surface area contributed by atoms with Crippen LogP contribution in [0.25, 0.3) is 0 Å². The van der Waals surface area contributed by atoms with Gasteiger partial charge in [0.1, 0.15) is 0 Å². The van der Waals surface area contributed by atoms with Crippen LogP contribution in [0.2, 0.25) is 5.02 Å². The number of hydrogen-bond acceptors (Lipinski definition) is 2. The van der Waals surface area contributed by atoms with E-state index in [1.807, 2.05) is 19.1 Å². The van der Waals surface area contributed by atoms with Crippen LogP contribution in [-0.4, -0.2) is 19.3 Å². The van der Waals surface area contributed by atoms with Gasteiger partial charge >= 0.3 is 0 Å². The Morgan fingerprint density at radius 1 is 1.50 bits per heavy atom. The Morgan fingerprint density at radius 3 is 2.94 bits per heavy atom. The zero-order chi connectivity index (χ0) is 11.5. The molecule has 1 aliphatic heterocycles. The van der Waals surface area contributed by atoms with E-state index in [0.29, 0.717) is 12.0 Å². The van der Waals surface area contributed by atoms with E-state index in [0.717, 1.165) is 35.9 Å². The smallest absolute Gasteiger partial charge is 0.0514 e. The van der Waals surface area contributed by atoms with Crippen LogP contribution in [0, 0.1) is 12.8 Å². The zero-order valence-corrected chi connectivity index (χ0v) is 10.6. The number of ether oxygens (including phenoxy) is 1. The lowest BCUT2D eigenvalue weighted by Crippen LogP contribution is -2.26. The molecular weight excluding hydrogens is 222 g/mol. The summed E-state index contributed by atoms with van der Waals surface area (Å²) in [6, 6.07) is 6.54. The Hall–Kier alpha value is -0.730. The highest BCUT2D eigenvalue weighted by molar-refractivity contribution is 6.31. The molecule has 1 heterocycles. The molecule has 16 heavy (non-hydrogen) atoms. The monoisotopic (exact) mass is 239 g/mol. The Morgan fingerprint density at radius 2 is 2.31 bits per heavy atom. The molecule has 1 fully saturated rings. The van der Waals surface area contributed by atoms with Gasteiger partial charge in [-0.3, -0.25) is 0 Å². The van der Waals surface area contributed by atoms with Crippen LogP contribution in [0.1, 0.15) is 18.9 Å². The van der Waals surface area contributed by atoms with Crippen LogP contribution in [0.5, 0.6) is 0 Å². The van der Waals surface area contributed by atoms with Crippen molar-refractivity contribution in [1.82, 2.24) is 0 Å². The lowest BCUT2D eigenvalue weighted by Gasteiger charge is -2.20. The average Bonchev–Trinajstić information content (AvgIpc) is 2.77. The van der Waals surface area contributed by atoms with Crippen LogP contribution in [0.3, 0.4) is 0 Å². The molecule has 2 unspecified atom stereocenters. The van der Waals surface area contributed by atoms with Gasteiger partial charge in [-0.1, -0.05) is 17.7 Å². The highest BCUT2D eigenvalue weighted by atomic mass is 35.5. The number of halogens is 1. The summed E-state index contributed by atoms with van der Waals surface area (Å²) in [5, 5.41) is 4.31. The second-order valence-corrected chi connectivity index (χ2v) is 4.93. The van der Waals surface area contributed by atoms with Gasteiger partial charge in [-0.15, -0.1) is 0 Å². The molecule has 1 N–H and O–H groups in total. The molecule has 2 atom stereocenters. The minimum Gasteiger partial charge on any atom is -0.382 e. The third-order valence-electron chi connectivity index (χ3n) is 3.24. The lowest BCUT2D eigenvalue weighted by molar-refractivity contribution is 0.183. The van der Waals surface area contributed by atoms with Gasteiger partial charge < -0.3 is 10.1 Å². The number of hydrogen-bond donors (Lipinski definition) is 1. The summed E-state index contributed by atoms with van der Waals surface area (Å²) < 4.78 is 5.39. The molecule has 0 saturated carbocycles. The molecule has 1 aromatic carbocycles. The van der Waals surface area contributed by atoms with Gasteiger partial charge in [-0.2, -0.15) is 0 Å². The van der Waals surface area contributed by atoms with E-state index in [1.54, 1.807) is 0 Å². The summed E-state index contributed by atoms with van der Waals surface area (Å²) in [4.78, 5) is 0. The van der Waals surface area contributed by atoms with Crippen LogP contribution in [0.15, 0.2) is 18.2 Å². The summed E-state index contributed by atoms with van der Waals surface area (Å²) in [5.74, 6) is 0.611. The van der Waals surface area contributed by atoms with Crippen LogP contribution in [-0.2, 0) is 4.74 Å². The fourth-order valence-electron chi connectivity index (χ4n) is 2.01. The van der Waals surface area contributed by atoms with Gasteiger partial charge in [0.2, 0.25) is 0 Å². The van der Waals surface area contributed by atoms with Crippen molar-refractivity contribution in [2.24, 2.45) is 5.92 Å². The maximum Gasteiger partial charge on any atom is 0.0514 e. The predicted molar refractivity (Wildman–Crippen MR) is 68.2 cm³/mol. The summed E-state index contributed by atoms with van der Waals surface area (Å²) in [7, 11) is 0. The molecule has 0 amide bonds. The largest absolute Gasteiger partial charge is 0.382 e. The molecule has 2 nitrogen and oxygen atoms in total. The van der Waals surface area contributed by atoms with Gasteiger partial charge in [0.15, 0.2) is 0 Å². The quantitative estimate of drug-likeness (QED) is 0.872. The maximum absolute atomic E-state index is 6.09. The number of anilines is 1. The maximum atomic E-state index is 6.09. The zero-order valence-electron chi connectivity index (χ0n) is 9.79. The van der Waals surface area contributed by atoms with Crippen molar-refractivity contribution in [1.29, 1.82) is 0 Å².